The van der Waals surface area contributed by atoms with Gasteiger partial charge in [0.05, 0.1) is 4.88 Å². The van der Waals surface area contributed by atoms with Gasteiger partial charge in [0.1, 0.15) is 11.5 Å². The SMILES string of the molecule is c1csc(-c2ccc(NCC3CCNCC3)nn2)c1. The van der Waals surface area contributed by atoms with Gasteiger partial charge < -0.3 is 10.6 Å². The van der Waals surface area contributed by atoms with Gasteiger partial charge in [-0.25, -0.2) is 0 Å². The van der Waals surface area contributed by atoms with E-state index in [1.54, 1.807) is 11.3 Å². The summed E-state index contributed by atoms with van der Waals surface area (Å²) in [5, 5.41) is 17.3. The number of aromatic nitrogens is 2. The fourth-order valence-corrected chi connectivity index (χ4v) is 3.01. The average Bonchev–Trinajstić information content (AvgIpc) is 3.01. The Morgan fingerprint density at radius 2 is 2.11 bits per heavy atom. The highest BCUT2D eigenvalue weighted by atomic mass is 32.1. The number of hydrogen-bond donors (Lipinski definition) is 2. The molecule has 3 heterocycles. The zero-order valence-corrected chi connectivity index (χ0v) is 11.6. The maximum atomic E-state index is 4.27. The van der Waals surface area contributed by atoms with Crippen LogP contribution in [0.25, 0.3) is 10.6 Å². The van der Waals surface area contributed by atoms with Crippen molar-refractivity contribution >= 4 is 17.2 Å². The van der Waals surface area contributed by atoms with Crippen LogP contribution < -0.4 is 10.6 Å². The molecule has 0 atom stereocenters. The van der Waals surface area contributed by atoms with Gasteiger partial charge in [-0.05, 0) is 55.4 Å². The number of nitrogens with one attached hydrogen (secondary N) is 2. The van der Waals surface area contributed by atoms with Crippen LogP contribution in [-0.2, 0) is 0 Å². The van der Waals surface area contributed by atoms with Gasteiger partial charge in [0, 0.05) is 6.54 Å². The summed E-state index contributed by atoms with van der Waals surface area (Å²) in [7, 11) is 0. The van der Waals surface area contributed by atoms with E-state index in [0.29, 0.717) is 0 Å². The minimum absolute atomic E-state index is 0.750. The van der Waals surface area contributed by atoms with Crippen LogP contribution >= 0.6 is 11.3 Å². The predicted molar refractivity (Wildman–Crippen MR) is 79.4 cm³/mol. The highest BCUT2D eigenvalue weighted by molar-refractivity contribution is 7.13. The molecule has 100 valence electrons. The van der Waals surface area contributed by atoms with Gasteiger partial charge in [-0.15, -0.1) is 21.5 Å². The van der Waals surface area contributed by atoms with Crippen molar-refractivity contribution in [2.75, 3.05) is 25.0 Å². The predicted octanol–water partition coefficient (Wildman–Crippen LogP) is 2.62. The highest BCUT2D eigenvalue weighted by Crippen LogP contribution is 2.22. The molecule has 19 heavy (non-hydrogen) atoms. The van der Waals surface area contributed by atoms with Crippen molar-refractivity contribution < 1.29 is 0 Å². The Morgan fingerprint density at radius 1 is 1.21 bits per heavy atom. The van der Waals surface area contributed by atoms with E-state index in [4.69, 9.17) is 0 Å². The topological polar surface area (TPSA) is 49.8 Å². The van der Waals surface area contributed by atoms with E-state index in [1.165, 1.54) is 12.8 Å². The lowest BCUT2D eigenvalue weighted by Crippen LogP contribution is -2.31. The van der Waals surface area contributed by atoms with Crippen LogP contribution in [0.1, 0.15) is 12.8 Å². The van der Waals surface area contributed by atoms with Crippen LogP contribution in [0.3, 0.4) is 0 Å². The average molecular weight is 274 g/mol. The standard InChI is InChI=1S/C14H18N4S/c1-2-13(19-9-1)12-3-4-14(18-17-12)16-10-11-5-7-15-8-6-11/h1-4,9,11,15H,5-8,10H2,(H,16,18). The zero-order chi connectivity index (χ0) is 12.9. The maximum absolute atomic E-state index is 4.27. The molecule has 0 radical (unpaired) electrons. The molecule has 2 aromatic rings. The first-order chi connectivity index (χ1) is 9.42. The Labute approximate surface area is 117 Å². The van der Waals surface area contributed by atoms with Gasteiger partial charge in [0.15, 0.2) is 0 Å². The molecule has 0 unspecified atom stereocenters. The van der Waals surface area contributed by atoms with Crippen molar-refractivity contribution in [1.82, 2.24) is 15.5 Å². The van der Waals surface area contributed by atoms with Gasteiger partial charge in [-0.1, -0.05) is 6.07 Å². The monoisotopic (exact) mass is 274 g/mol. The Morgan fingerprint density at radius 3 is 2.79 bits per heavy atom. The second-order valence-electron chi connectivity index (χ2n) is 4.86. The van der Waals surface area contributed by atoms with E-state index in [9.17, 15) is 0 Å². The Balaban J connectivity index is 1.57. The van der Waals surface area contributed by atoms with Gasteiger partial charge in [0.25, 0.3) is 0 Å². The number of anilines is 1. The number of thiophene rings is 1. The lowest BCUT2D eigenvalue weighted by atomic mass is 9.98. The molecular weight excluding hydrogens is 256 g/mol. The summed E-state index contributed by atoms with van der Waals surface area (Å²) in [5.74, 6) is 1.62. The third-order valence-electron chi connectivity index (χ3n) is 3.47. The van der Waals surface area contributed by atoms with Crippen LogP contribution in [0.2, 0.25) is 0 Å². The summed E-state index contributed by atoms with van der Waals surface area (Å²) < 4.78 is 0. The summed E-state index contributed by atoms with van der Waals surface area (Å²) in [6.07, 6.45) is 2.49. The second-order valence-corrected chi connectivity index (χ2v) is 5.80. The molecule has 5 heteroatoms. The minimum Gasteiger partial charge on any atom is -0.368 e. The van der Waals surface area contributed by atoms with Gasteiger partial charge in [-0.2, -0.15) is 0 Å². The van der Waals surface area contributed by atoms with Crippen LogP contribution in [0.5, 0.6) is 0 Å². The van der Waals surface area contributed by atoms with Crippen LogP contribution in [0.15, 0.2) is 29.6 Å². The fourth-order valence-electron chi connectivity index (χ4n) is 2.32. The van der Waals surface area contributed by atoms with Gasteiger partial charge >= 0.3 is 0 Å². The lowest BCUT2D eigenvalue weighted by molar-refractivity contribution is 0.389. The molecule has 0 amide bonds. The summed E-state index contributed by atoms with van der Waals surface area (Å²) in [6, 6.07) is 8.15. The first kappa shape index (κ1) is 12.6. The number of rotatable bonds is 4. The number of nitrogens with zero attached hydrogens (tertiary/aromatic N) is 2. The normalized spacial score (nSPS) is 16.4. The van der Waals surface area contributed by atoms with Crippen molar-refractivity contribution in [2.24, 2.45) is 5.92 Å². The molecule has 0 saturated carbocycles. The number of hydrogen-bond acceptors (Lipinski definition) is 5. The zero-order valence-electron chi connectivity index (χ0n) is 10.8. The molecule has 4 nitrogen and oxygen atoms in total. The second kappa shape index (κ2) is 6.12. The maximum Gasteiger partial charge on any atom is 0.148 e. The Kier molecular flexibility index (Phi) is 4.05. The molecule has 0 bridgehead atoms. The largest absolute Gasteiger partial charge is 0.368 e. The van der Waals surface area contributed by atoms with Crippen molar-refractivity contribution in [3.05, 3.63) is 29.6 Å². The molecule has 3 rings (SSSR count). The molecular formula is C14H18N4S. The Bertz CT molecular complexity index is 489. The molecule has 0 spiro atoms. The molecule has 0 aromatic carbocycles. The smallest absolute Gasteiger partial charge is 0.148 e. The molecule has 2 N–H and O–H groups in total. The van der Waals surface area contributed by atoms with Gasteiger partial charge in [0.2, 0.25) is 0 Å². The molecule has 2 aromatic heterocycles. The molecule has 1 saturated heterocycles. The Hall–Kier alpha value is -1.46. The summed E-state index contributed by atoms with van der Waals surface area (Å²) in [5.41, 5.74) is 0.947. The number of piperidine rings is 1. The minimum atomic E-state index is 0.750. The molecule has 1 aliphatic rings. The van der Waals surface area contributed by atoms with E-state index in [0.717, 1.165) is 41.9 Å². The third kappa shape index (κ3) is 3.30. The summed E-state index contributed by atoms with van der Waals surface area (Å²) >= 11 is 1.69. The van der Waals surface area contributed by atoms with E-state index < -0.39 is 0 Å². The van der Waals surface area contributed by atoms with Crippen LogP contribution in [0, 0.1) is 5.92 Å². The lowest BCUT2D eigenvalue weighted by Gasteiger charge is -2.22. The quantitative estimate of drug-likeness (QED) is 0.900. The van der Waals surface area contributed by atoms with E-state index >= 15 is 0 Å². The molecule has 0 aliphatic carbocycles. The van der Waals surface area contributed by atoms with Crippen LogP contribution in [0.4, 0.5) is 5.82 Å². The van der Waals surface area contributed by atoms with Crippen molar-refractivity contribution in [2.45, 2.75) is 12.8 Å². The molecule has 1 aliphatic heterocycles. The van der Waals surface area contributed by atoms with Crippen molar-refractivity contribution in [1.29, 1.82) is 0 Å². The van der Waals surface area contributed by atoms with Crippen molar-refractivity contribution in [3.8, 4) is 10.6 Å². The van der Waals surface area contributed by atoms with Gasteiger partial charge in [-0.3, -0.25) is 0 Å². The molecule has 1 fully saturated rings. The third-order valence-corrected chi connectivity index (χ3v) is 4.36. The highest BCUT2D eigenvalue weighted by Gasteiger charge is 2.12. The summed E-state index contributed by atoms with van der Waals surface area (Å²) in [4.78, 5) is 1.16. The van der Waals surface area contributed by atoms with E-state index in [1.807, 2.05) is 18.2 Å². The summed E-state index contributed by atoms with van der Waals surface area (Å²) in [6.45, 7) is 3.26. The van der Waals surface area contributed by atoms with E-state index in [2.05, 4.69) is 32.3 Å². The fraction of sp³-hybridized carbons (Fsp3) is 0.429. The first-order valence-corrected chi connectivity index (χ1v) is 7.62. The van der Waals surface area contributed by atoms with E-state index in [-0.39, 0.29) is 0 Å². The van der Waals surface area contributed by atoms with Crippen LogP contribution in [-0.4, -0.2) is 29.8 Å². The van der Waals surface area contributed by atoms with Crippen molar-refractivity contribution in [3.63, 3.8) is 0 Å². The first-order valence-electron chi connectivity index (χ1n) is 6.74.